The summed E-state index contributed by atoms with van der Waals surface area (Å²) in [6.45, 7) is 1.95. The summed E-state index contributed by atoms with van der Waals surface area (Å²) < 4.78 is 0. The minimum absolute atomic E-state index is 0.103. The zero-order valence-electron chi connectivity index (χ0n) is 16.2. The van der Waals surface area contributed by atoms with E-state index in [0.717, 1.165) is 18.7 Å². The van der Waals surface area contributed by atoms with Crippen LogP contribution >= 0.6 is 0 Å². The molecule has 5 amide bonds. The minimum Gasteiger partial charge on any atom is -0.323 e. The highest BCUT2D eigenvalue weighted by Gasteiger charge is 2.46. The topological polar surface area (TPSA) is 98.8 Å². The molecule has 152 valence electrons. The van der Waals surface area contributed by atoms with Crippen molar-refractivity contribution < 1.29 is 19.2 Å². The second-order valence-electron chi connectivity index (χ2n) is 8.77. The Morgan fingerprint density at radius 1 is 1.14 bits per heavy atom. The Hall–Kier alpha value is -2.90. The molecule has 5 rings (SSSR count). The Morgan fingerprint density at radius 2 is 1.90 bits per heavy atom. The van der Waals surface area contributed by atoms with Gasteiger partial charge < -0.3 is 15.1 Å². The number of imide groups is 1. The van der Waals surface area contributed by atoms with Crippen molar-refractivity contribution in [1.82, 2.24) is 15.1 Å². The summed E-state index contributed by atoms with van der Waals surface area (Å²) in [5.74, 6) is -0.932. The van der Waals surface area contributed by atoms with Gasteiger partial charge in [-0.05, 0) is 43.0 Å². The summed E-state index contributed by atoms with van der Waals surface area (Å²) in [5.41, 5.74) is 2.33. The summed E-state index contributed by atoms with van der Waals surface area (Å²) in [7, 11) is 0. The van der Waals surface area contributed by atoms with E-state index in [4.69, 9.17) is 0 Å². The van der Waals surface area contributed by atoms with Crippen molar-refractivity contribution in [3.8, 4) is 0 Å². The molecular weight excluding hydrogens is 372 g/mol. The van der Waals surface area contributed by atoms with E-state index in [1.807, 2.05) is 11.0 Å². The SMILES string of the molecule is O=C1CCC(N2Cc3cc(NC(=O)N4CC5(CCCC5)C4)ccc3C2=O)C(=O)N1. The van der Waals surface area contributed by atoms with Crippen LogP contribution in [0.1, 0.15) is 54.4 Å². The van der Waals surface area contributed by atoms with Crippen LogP contribution in [0.3, 0.4) is 0 Å². The maximum atomic E-state index is 12.7. The first-order valence-electron chi connectivity index (χ1n) is 10.3. The van der Waals surface area contributed by atoms with E-state index < -0.39 is 11.9 Å². The van der Waals surface area contributed by atoms with Gasteiger partial charge in [-0.25, -0.2) is 4.79 Å². The number of benzene rings is 1. The van der Waals surface area contributed by atoms with E-state index in [1.54, 1.807) is 12.1 Å². The number of likely N-dealkylation sites (tertiary alicyclic amines) is 1. The largest absolute Gasteiger partial charge is 0.323 e. The van der Waals surface area contributed by atoms with Crippen molar-refractivity contribution in [3.63, 3.8) is 0 Å². The fourth-order valence-corrected chi connectivity index (χ4v) is 5.20. The smallest absolute Gasteiger partial charge is 0.321 e. The van der Waals surface area contributed by atoms with Crippen LogP contribution in [0.2, 0.25) is 0 Å². The average molecular weight is 396 g/mol. The molecule has 2 N–H and O–H groups in total. The number of urea groups is 1. The molecule has 1 saturated carbocycles. The van der Waals surface area contributed by atoms with Crippen LogP contribution in [-0.4, -0.2) is 52.7 Å². The summed E-state index contributed by atoms with van der Waals surface area (Å²) in [4.78, 5) is 52.1. The Kier molecular flexibility index (Phi) is 4.11. The molecule has 8 heteroatoms. The van der Waals surface area contributed by atoms with Gasteiger partial charge in [0.15, 0.2) is 0 Å². The van der Waals surface area contributed by atoms with Crippen LogP contribution < -0.4 is 10.6 Å². The monoisotopic (exact) mass is 396 g/mol. The lowest BCUT2D eigenvalue weighted by molar-refractivity contribution is -0.136. The van der Waals surface area contributed by atoms with Crippen molar-refractivity contribution in [2.75, 3.05) is 18.4 Å². The molecule has 29 heavy (non-hydrogen) atoms. The van der Waals surface area contributed by atoms with Crippen molar-refractivity contribution in [2.45, 2.75) is 51.1 Å². The highest BCUT2D eigenvalue weighted by molar-refractivity contribution is 6.05. The summed E-state index contributed by atoms with van der Waals surface area (Å²) in [6.07, 6.45) is 5.53. The van der Waals surface area contributed by atoms with E-state index in [2.05, 4.69) is 10.6 Å². The Balaban J connectivity index is 1.25. The third-order valence-corrected chi connectivity index (χ3v) is 6.78. The molecule has 4 aliphatic rings. The molecule has 2 saturated heterocycles. The number of fused-ring (bicyclic) bond motifs is 1. The highest BCUT2D eigenvalue weighted by Crippen LogP contribution is 2.45. The highest BCUT2D eigenvalue weighted by atomic mass is 16.2. The predicted octanol–water partition coefficient (Wildman–Crippen LogP) is 1.86. The first-order valence-corrected chi connectivity index (χ1v) is 10.3. The molecule has 0 aromatic heterocycles. The molecule has 3 fully saturated rings. The summed E-state index contributed by atoms with van der Waals surface area (Å²) in [5, 5.41) is 5.24. The Bertz CT molecular complexity index is 913. The van der Waals surface area contributed by atoms with Crippen LogP contribution in [0.4, 0.5) is 10.5 Å². The van der Waals surface area contributed by atoms with Crippen molar-refractivity contribution in [3.05, 3.63) is 29.3 Å². The molecule has 1 spiro atoms. The fraction of sp³-hybridized carbons (Fsp3) is 0.524. The lowest BCUT2D eigenvalue weighted by atomic mass is 9.78. The summed E-state index contributed by atoms with van der Waals surface area (Å²) in [6, 6.07) is 4.51. The van der Waals surface area contributed by atoms with Crippen LogP contribution in [-0.2, 0) is 16.1 Å². The number of nitrogens with one attached hydrogen (secondary N) is 2. The molecule has 1 aromatic carbocycles. The molecule has 0 bridgehead atoms. The van der Waals surface area contributed by atoms with Crippen molar-refractivity contribution in [1.29, 1.82) is 0 Å². The zero-order valence-corrected chi connectivity index (χ0v) is 16.2. The second-order valence-corrected chi connectivity index (χ2v) is 8.77. The van der Waals surface area contributed by atoms with E-state index in [9.17, 15) is 19.2 Å². The van der Waals surface area contributed by atoms with Crippen molar-refractivity contribution in [2.24, 2.45) is 5.41 Å². The second kappa shape index (κ2) is 6.57. The van der Waals surface area contributed by atoms with Gasteiger partial charge in [0.2, 0.25) is 11.8 Å². The van der Waals surface area contributed by atoms with E-state index in [0.29, 0.717) is 29.6 Å². The first-order chi connectivity index (χ1) is 13.9. The van der Waals surface area contributed by atoms with Gasteiger partial charge in [-0.15, -0.1) is 0 Å². The predicted molar refractivity (Wildman–Crippen MR) is 104 cm³/mol. The summed E-state index contributed by atoms with van der Waals surface area (Å²) >= 11 is 0. The molecule has 1 unspecified atom stereocenters. The van der Waals surface area contributed by atoms with Gasteiger partial charge >= 0.3 is 6.03 Å². The van der Waals surface area contributed by atoms with Crippen LogP contribution in [0.25, 0.3) is 0 Å². The van der Waals surface area contributed by atoms with Crippen molar-refractivity contribution >= 4 is 29.4 Å². The Labute approximate surface area is 168 Å². The molecule has 3 heterocycles. The van der Waals surface area contributed by atoms with Gasteiger partial charge in [0.1, 0.15) is 6.04 Å². The number of piperidine rings is 1. The number of amides is 5. The van der Waals surface area contributed by atoms with Crippen LogP contribution in [0.15, 0.2) is 18.2 Å². The standard InChI is InChI=1S/C21H24N4O4/c26-17-6-5-16(18(27)23-17)25-10-13-9-14(3-4-15(13)19(25)28)22-20(29)24-11-21(12-24)7-1-2-8-21/h3-4,9,16H,1-2,5-8,10-12H2,(H,22,29)(H,23,26,27). The molecule has 0 radical (unpaired) electrons. The number of hydrogen-bond donors (Lipinski definition) is 2. The molecule has 8 nitrogen and oxygen atoms in total. The molecule has 3 aliphatic heterocycles. The van der Waals surface area contributed by atoms with Gasteiger partial charge in [0.25, 0.3) is 5.91 Å². The lowest BCUT2D eigenvalue weighted by Crippen LogP contribution is -2.58. The van der Waals surface area contributed by atoms with Gasteiger partial charge in [-0.1, -0.05) is 12.8 Å². The van der Waals surface area contributed by atoms with E-state index >= 15 is 0 Å². The number of carbonyl (C=O) groups excluding carboxylic acids is 4. The van der Waals surface area contributed by atoms with Gasteiger partial charge in [0, 0.05) is 42.7 Å². The lowest BCUT2D eigenvalue weighted by Gasteiger charge is -2.48. The van der Waals surface area contributed by atoms with E-state index in [-0.39, 0.29) is 24.3 Å². The van der Waals surface area contributed by atoms with Gasteiger partial charge in [-0.3, -0.25) is 19.7 Å². The maximum Gasteiger partial charge on any atom is 0.321 e. The molecule has 1 aliphatic carbocycles. The third kappa shape index (κ3) is 3.07. The zero-order chi connectivity index (χ0) is 20.2. The number of carbonyl (C=O) groups is 4. The van der Waals surface area contributed by atoms with E-state index in [1.165, 1.54) is 30.6 Å². The molecule has 1 atom stereocenters. The minimum atomic E-state index is -0.630. The molecular formula is C21H24N4O4. The van der Waals surface area contributed by atoms with Crippen LogP contribution in [0, 0.1) is 5.41 Å². The number of anilines is 1. The first kappa shape index (κ1) is 18.1. The number of hydrogen-bond acceptors (Lipinski definition) is 4. The fourth-order valence-electron chi connectivity index (χ4n) is 5.20. The maximum absolute atomic E-state index is 12.7. The number of rotatable bonds is 2. The quantitative estimate of drug-likeness (QED) is 0.746. The normalized spacial score (nSPS) is 25.1. The van der Waals surface area contributed by atoms with Gasteiger partial charge in [-0.2, -0.15) is 0 Å². The third-order valence-electron chi connectivity index (χ3n) is 6.78. The number of nitrogens with zero attached hydrogens (tertiary/aromatic N) is 2. The molecule has 1 aromatic rings. The Morgan fingerprint density at radius 3 is 2.62 bits per heavy atom. The average Bonchev–Trinajstić information content (AvgIpc) is 3.26. The van der Waals surface area contributed by atoms with Gasteiger partial charge in [0.05, 0.1) is 0 Å². The van der Waals surface area contributed by atoms with Crippen LogP contribution in [0.5, 0.6) is 0 Å².